The molecule has 0 bridgehead atoms. The van der Waals surface area contributed by atoms with Crippen LogP contribution in [0.5, 0.6) is 11.5 Å². The largest absolute Gasteiger partial charge is 0.493 e. The van der Waals surface area contributed by atoms with Crippen LogP contribution in [-0.4, -0.2) is 27.5 Å². The highest BCUT2D eigenvalue weighted by Crippen LogP contribution is 2.29. The van der Waals surface area contributed by atoms with E-state index in [2.05, 4.69) is 5.32 Å². The Morgan fingerprint density at radius 1 is 1.24 bits per heavy atom. The summed E-state index contributed by atoms with van der Waals surface area (Å²) in [7, 11) is -2.22. The Kier molecular flexibility index (Phi) is 6.04. The Hall–Kier alpha value is -2.10. The van der Waals surface area contributed by atoms with Gasteiger partial charge in [-0.3, -0.25) is 4.79 Å². The molecular weight excluding hydrogens is 364 g/mol. The summed E-state index contributed by atoms with van der Waals surface area (Å²) in [6.07, 6.45) is -0.0135. The zero-order chi connectivity index (χ0) is 18.6. The van der Waals surface area contributed by atoms with E-state index in [4.69, 9.17) is 14.6 Å². The zero-order valence-corrected chi connectivity index (χ0v) is 15.7. The molecule has 0 atom stereocenters. The number of rotatable bonds is 7. The lowest BCUT2D eigenvalue weighted by Gasteiger charge is -2.14. The fourth-order valence-corrected chi connectivity index (χ4v) is 3.75. The van der Waals surface area contributed by atoms with Crippen molar-refractivity contribution in [2.75, 3.05) is 7.11 Å². The Labute approximate surface area is 150 Å². The van der Waals surface area contributed by atoms with Crippen molar-refractivity contribution in [2.45, 2.75) is 30.7 Å². The molecule has 3 N–H and O–H groups in total. The van der Waals surface area contributed by atoms with Gasteiger partial charge in [0.15, 0.2) is 11.5 Å². The monoisotopic (exact) mass is 384 g/mol. The lowest BCUT2D eigenvalue weighted by atomic mass is 10.2. The third-order valence-electron chi connectivity index (χ3n) is 3.13. The molecule has 1 aromatic heterocycles. The molecule has 9 heteroatoms. The SMILES string of the molecule is COc1cc(C(=O)NCc2ccc(S(N)(=O)=O)s2)ccc1OC(C)C. The molecule has 2 rings (SSSR count). The van der Waals surface area contributed by atoms with Crippen LogP contribution in [0.1, 0.15) is 29.1 Å². The molecule has 2 aromatic rings. The maximum Gasteiger partial charge on any atom is 0.251 e. The Balaban J connectivity index is 2.07. The highest BCUT2D eigenvalue weighted by Gasteiger charge is 2.14. The van der Waals surface area contributed by atoms with Crippen LogP contribution in [0.2, 0.25) is 0 Å². The van der Waals surface area contributed by atoms with Crippen LogP contribution >= 0.6 is 11.3 Å². The van der Waals surface area contributed by atoms with Crippen LogP contribution in [0, 0.1) is 0 Å². The minimum absolute atomic E-state index is 0.0135. The normalized spacial score (nSPS) is 11.4. The van der Waals surface area contributed by atoms with E-state index < -0.39 is 10.0 Å². The van der Waals surface area contributed by atoms with Crippen molar-refractivity contribution in [3.8, 4) is 11.5 Å². The van der Waals surface area contributed by atoms with Crippen molar-refractivity contribution in [3.05, 3.63) is 40.8 Å². The molecule has 0 radical (unpaired) electrons. The minimum Gasteiger partial charge on any atom is -0.493 e. The number of ether oxygens (including phenoxy) is 2. The van der Waals surface area contributed by atoms with Crippen LogP contribution in [0.25, 0.3) is 0 Å². The molecule has 0 spiro atoms. The first-order valence-corrected chi connectivity index (χ1v) is 9.81. The van der Waals surface area contributed by atoms with E-state index in [0.29, 0.717) is 21.9 Å². The van der Waals surface area contributed by atoms with Crippen molar-refractivity contribution in [2.24, 2.45) is 5.14 Å². The van der Waals surface area contributed by atoms with E-state index in [0.717, 1.165) is 11.3 Å². The number of amides is 1. The van der Waals surface area contributed by atoms with Crippen molar-refractivity contribution in [1.82, 2.24) is 5.32 Å². The molecule has 0 aliphatic rings. The van der Waals surface area contributed by atoms with Crippen LogP contribution in [0.4, 0.5) is 0 Å². The maximum absolute atomic E-state index is 12.3. The van der Waals surface area contributed by atoms with E-state index in [1.54, 1.807) is 24.3 Å². The number of carbonyl (C=O) groups is 1. The molecule has 0 aliphatic carbocycles. The van der Waals surface area contributed by atoms with Crippen molar-refractivity contribution in [3.63, 3.8) is 0 Å². The van der Waals surface area contributed by atoms with Gasteiger partial charge in [0, 0.05) is 10.4 Å². The Bertz CT molecular complexity index is 859. The van der Waals surface area contributed by atoms with E-state index in [1.165, 1.54) is 13.2 Å². The highest BCUT2D eigenvalue weighted by atomic mass is 32.2. The van der Waals surface area contributed by atoms with Gasteiger partial charge < -0.3 is 14.8 Å². The molecular formula is C16H20N2O5S2. The summed E-state index contributed by atoms with van der Waals surface area (Å²) in [5.74, 6) is 0.721. The van der Waals surface area contributed by atoms with Crippen molar-refractivity contribution < 1.29 is 22.7 Å². The predicted molar refractivity (Wildman–Crippen MR) is 95.6 cm³/mol. The summed E-state index contributed by atoms with van der Waals surface area (Å²) < 4.78 is 33.5. The Morgan fingerprint density at radius 3 is 2.52 bits per heavy atom. The molecule has 0 fully saturated rings. The number of nitrogens with two attached hydrogens (primary N) is 1. The third kappa shape index (κ3) is 5.18. The van der Waals surface area contributed by atoms with Crippen LogP contribution < -0.4 is 19.9 Å². The number of thiophene rings is 1. The van der Waals surface area contributed by atoms with Gasteiger partial charge in [-0.05, 0) is 44.2 Å². The highest BCUT2D eigenvalue weighted by molar-refractivity contribution is 7.91. The van der Waals surface area contributed by atoms with E-state index >= 15 is 0 Å². The summed E-state index contributed by atoms with van der Waals surface area (Å²) in [5.41, 5.74) is 0.413. The predicted octanol–water partition coefficient (Wildman–Crippen LogP) is 2.12. The lowest BCUT2D eigenvalue weighted by Crippen LogP contribution is -2.22. The van der Waals surface area contributed by atoms with Gasteiger partial charge in [0.1, 0.15) is 4.21 Å². The topological polar surface area (TPSA) is 108 Å². The smallest absolute Gasteiger partial charge is 0.251 e. The molecule has 0 saturated carbocycles. The number of carbonyl (C=O) groups excluding carboxylic acids is 1. The maximum atomic E-state index is 12.3. The first-order valence-electron chi connectivity index (χ1n) is 7.45. The second kappa shape index (κ2) is 7.85. The van der Waals surface area contributed by atoms with Crippen LogP contribution in [0.3, 0.4) is 0 Å². The molecule has 1 amide bonds. The molecule has 7 nitrogen and oxygen atoms in total. The summed E-state index contributed by atoms with van der Waals surface area (Å²) in [4.78, 5) is 13.0. The standard InChI is InChI=1S/C16H20N2O5S2/c1-10(2)23-13-6-4-11(8-14(13)22-3)16(19)18-9-12-5-7-15(24-12)25(17,20)21/h4-8,10H,9H2,1-3H3,(H,18,19)(H2,17,20,21). The van der Waals surface area contributed by atoms with Gasteiger partial charge in [-0.15, -0.1) is 11.3 Å². The summed E-state index contributed by atoms with van der Waals surface area (Å²) >= 11 is 1.02. The molecule has 0 saturated heterocycles. The van der Waals surface area contributed by atoms with Crippen LogP contribution in [0.15, 0.2) is 34.5 Å². The number of primary sulfonamides is 1. The first-order chi connectivity index (χ1) is 11.7. The van der Waals surface area contributed by atoms with Gasteiger partial charge in [0.05, 0.1) is 19.8 Å². The quantitative estimate of drug-likeness (QED) is 0.760. The number of methoxy groups -OCH3 is 1. The number of benzene rings is 1. The second-order valence-corrected chi connectivity index (χ2v) is 8.44. The second-order valence-electron chi connectivity index (χ2n) is 5.48. The number of sulfonamides is 1. The van der Waals surface area contributed by atoms with Crippen LogP contribution in [-0.2, 0) is 16.6 Å². The summed E-state index contributed by atoms with van der Waals surface area (Å²) in [5, 5.41) is 7.80. The zero-order valence-electron chi connectivity index (χ0n) is 14.1. The fourth-order valence-electron chi connectivity index (χ4n) is 2.04. The summed E-state index contributed by atoms with van der Waals surface area (Å²) in [6, 6.07) is 7.95. The third-order valence-corrected chi connectivity index (χ3v) is 5.65. The van der Waals surface area contributed by atoms with Gasteiger partial charge in [-0.25, -0.2) is 13.6 Å². The molecule has 0 aliphatic heterocycles. The molecule has 0 unspecified atom stereocenters. The van der Waals surface area contributed by atoms with Gasteiger partial charge >= 0.3 is 0 Å². The van der Waals surface area contributed by atoms with E-state index in [-0.39, 0.29) is 22.8 Å². The average Bonchev–Trinajstić information content (AvgIpc) is 3.01. The number of hydrogen-bond donors (Lipinski definition) is 2. The molecule has 136 valence electrons. The van der Waals surface area contributed by atoms with Crippen molar-refractivity contribution in [1.29, 1.82) is 0 Å². The lowest BCUT2D eigenvalue weighted by molar-refractivity contribution is 0.0951. The summed E-state index contributed by atoms with van der Waals surface area (Å²) in [6.45, 7) is 4.00. The van der Waals surface area contributed by atoms with Gasteiger partial charge in [0.25, 0.3) is 5.91 Å². The average molecular weight is 384 g/mol. The van der Waals surface area contributed by atoms with Crippen molar-refractivity contribution >= 4 is 27.3 Å². The van der Waals surface area contributed by atoms with Gasteiger partial charge in [-0.2, -0.15) is 0 Å². The fraction of sp³-hybridized carbons (Fsp3) is 0.312. The van der Waals surface area contributed by atoms with Gasteiger partial charge in [-0.1, -0.05) is 0 Å². The molecule has 1 aromatic carbocycles. The minimum atomic E-state index is -3.72. The number of nitrogens with one attached hydrogen (secondary N) is 1. The van der Waals surface area contributed by atoms with Gasteiger partial charge in [0.2, 0.25) is 10.0 Å². The Morgan fingerprint density at radius 2 is 1.96 bits per heavy atom. The van der Waals surface area contributed by atoms with E-state index in [1.807, 2.05) is 13.8 Å². The molecule has 1 heterocycles. The number of hydrogen-bond acceptors (Lipinski definition) is 6. The first kappa shape index (κ1) is 19.2. The molecule has 25 heavy (non-hydrogen) atoms. The van der Waals surface area contributed by atoms with E-state index in [9.17, 15) is 13.2 Å².